The van der Waals surface area contributed by atoms with Gasteiger partial charge in [-0.3, -0.25) is 9.88 Å². The van der Waals surface area contributed by atoms with Crippen LogP contribution in [0.25, 0.3) is 0 Å². The van der Waals surface area contributed by atoms with E-state index >= 15 is 0 Å². The minimum absolute atomic E-state index is 0.0790. The van der Waals surface area contributed by atoms with E-state index in [1.807, 2.05) is 25.4 Å². The maximum absolute atomic E-state index is 11.0. The Kier molecular flexibility index (Phi) is 5.00. The van der Waals surface area contributed by atoms with Crippen molar-refractivity contribution in [1.82, 2.24) is 14.9 Å². The summed E-state index contributed by atoms with van der Waals surface area (Å²) >= 11 is 0. The molecule has 2 aromatic heterocycles. The summed E-state index contributed by atoms with van der Waals surface area (Å²) in [7, 11) is 2.01. The van der Waals surface area contributed by atoms with Gasteiger partial charge in [-0.1, -0.05) is 19.1 Å². The van der Waals surface area contributed by atoms with Gasteiger partial charge >= 0.3 is 5.97 Å². The van der Waals surface area contributed by atoms with Crippen LogP contribution in [0.3, 0.4) is 0 Å². The standard InChI is InChI=1S/C16H19N3O2/c1-3-15(12-6-5-9-17-10-12)19(2)11-13-7-4-8-14(18-13)16(20)21/h4-10,15H,3,11H2,1-2H3,(H,20,21)/t15-/m1/s1. The fraction of sp³-hybridized carbons (Fsp3) is 0.312. The first-order valence-electron chi connectivity index (χ1n) is 6.91. The minimum atomic E-state index is -1.00. The largest absolute Gasteiger partial charge is 0.477 e. The summed E-state index contributed by atoms with van der Waals surface area (Å²) in [6.07, 6.45) is 4.57. The zero-order chi connectivity index (χ0) is 15.2. The van der Waals surface area contributed by atoms with E-state index in [1.54, 1.807) is 12.3 Å². The molecule has 0 amide bonds. The summed E-state index contributed by atoms with van der Waals surface area (Å²) < 4.78 is 0. The van der Waals surface area contributed by atoms with E-state index in [4.69, 9.17) is 5.11 Å². The van der Waals surface area contributed by atoms with Gasteiger partial charge in [0.15, 0.2) is 0 Å². The molecule has 5 nitrogen and oxygen atoms in total. The highest BCUT2D eigenvalue weighted by Gasteiger charge is 2.16. The van der Waals surface area contributed by atoms with E-state index in [1.165, 1.54) is 6.07 Å². The molecule has 2 aromatic rings. The van der Waals surface area contributed by atoms with Crippen LogP contribution < -0.4 is 0 Å². The van der Waals surface area contributed by atoms with Crippen LogP contribution in [-0.4, -0.2) is 33.0 Å². The highest BCUT2D eigenvalue weighted by atomic mass is 16.4. The van der Waals surface area contributed by atoms with Crippen LogP contribution >= 0.6 is 0 Å². The summed E-state index contributed by atoms with van der Waals surface area (Å²) in [6, 6.07) is 9.29. The van der Waals surface area contributed by atoms with Crippen LogP contribution in [-0.2, 0) is 6.54 Å². The first-order chi connectivity index (χ1) is 10.1. The van der Waals surface area contributed by atoms with E-state index in [-0.39, 0.29) is 11.7 Å². The summed E-state index contributed by atoms with van der Waals surface area (Å²) in [4.78, 5) is 21.4. The fourth-order valence-corrected chi connectivity index (χ4v) is 2.43. The Morgan fingerprint density at radius 1 is 1.33 bits per heavy atom. The molecule has 0 bridgehead atoms. The zero-order valence-corrected chi connectivity index (χ0v) is 12.2. The second-order valence-corrected chi connectivity index (χ2v) is 4.94. The maximum atomic E-state index is 11.0. The van der Waals surface area contributed by atoms with Crippen molar-refractivity contribution in [2.45, 2.75) is 25.9 Å². The van der Waals surface area contributed by atoms with Gasteiger partial charge in [-0.05, 0) is 37.2 Å². The highest BCUT2D eigenvalue weighted by Crippen LogP contribution is 2.23. The molecule has 21 heavy (non-hydrogen) atoms. The molecule has 2 rings (SSSR count). The number of rotatable bonds is 6. The van der Waals surface area contributed by atoms with Crippen LogP contribution in [0.15, 0.2) is 42.7 Å². The number of carboxylic acids is 1. The average Bonchev–Trinajstić information content (AvgIpc) is 2.49. The monoisotopic (exact) mass is 285 g/mol. The lowest BCUT2D eigenvalue weighted by molar-refractivity contribution is 0.0690. The van der Waals surface area contributed by atoms with E-state index < -0.39 is 5.97 Å². The van der Waals surface area contributed by atoms with Gasteiger partial charge in [-0.25, -0.2) is 9.78 Å². The van der Waals surface area contributed by atoms with Crippen molar-refractivity contribution >= 4 is 5.97 Å². The van der Waals surface area contributed by atoms with Gasteiger partial charge in [0.05, 0.1) is 5.69 Å². The number of hydrogen-bond acceptors (Lipinski definition) is 4. The number of aromatic nitrogens is 2. The van der Waals surface area contributed by atoms with Crippen LogP contribution in [0.4, 0.5) is 0 Å². The van der Waals surface area contributed by atoms with Crippen LogP contribution in [0.1, 0.15) is 41.1 Å². The van der Waals surface area contributed by atoms with Crippen molar-refractivity contribution in [2.24, 2.45) is 0 Å². The molecule has 0 unspecified atom stereocenters. The Labute approximate surface area is 124 Å². The van der Waals surface area contributed by atoms with Crippen molar-refractivity contribution in [3.05, 3.63) is 59.7 Å². The zero-order valence-electron chi connectivity index (χ0n) is 12.2. The lowest BCUT2D eigenvalue weighted by Crippen LogP contribution is -2.24. The summed E-state index contributed by atoms with van der Waals surface area (Å²) in [5, 5.41) is 8.99. The Bertz CT molecular complexity index is 601. The summed E-state index contributed by atoms with van der Waals surface area (Å²) in [6.45, 7) is 2.71. The first-order valence-corrected chi connectivity index (χ1v) is 6.91. The van der Waals surface area contributed by atoms with E-state index in [0.717, 1.165) is 17.7 Å². The molecule has 110 valence electrons. The number of aromatic carboxylic acids is 1. The molecule has 0 aromatic carbocycles. The van der Waals surface area contributed by atoms with Gasteiger partial charge in [0.25, 0.3) is 0 Å². The molecular formula is C16H19N3O2. The Balaban J connectivity index is 2.14. The van der Waals surface area contributed by atoms with Crippen LogP contribution in [0.2, 0.25) is 0 Å². The molecular weight excluding hydrogens is 266 g/mol. The molecule has 2 heterocycles. The Hall–Kier alpha value is -2.27. The molecule has 0 aliphatic carbocycles. The van der Waals surface area contributed by atoms with Crippen molar-refractivity contribution < 1.29 is 9.90 Å². The SMILES string of the molecule is CC[C@H](c1cccnc1)N(C)Cc1cccc(C(=O)O)n1. The lowest BCUT2D eigenvalue weighted by atomic mass is 10.1. The second kappa shape index (κ2) is 6.95. The van der Waals surface area contributed by atoms with Gasteiger partial charge in [0, 0.05) is 25.0 Å². The molecule has 0 spiro atoms. The molecule has 0 saturated carbocycles. The highest BCUT2D eigenvalue weighted by molar-refractivity contribution is 5.85. The second-order valence-electron chi connectivity index (χ2n) is 4.94. The number of pyridine rings is 2. The van der Waals surface area contributed by atoms with Crippen molar-refractivity contribution in [3.63, 3.8) is 0 Å². The minimum Gasteiger partial charge on any atom is -0.477 e. The van der Waals surface area contributed by atoms with Gasteiger partial charge in [0.1, 0.15) is 5.69 Å². The van der Waals surface area contributed by atoms with Crippen molar-refractivity contribution in [1.29, 1.82) is 0 Å². The fourth-order valence-electron chi connectivity index (χ4n) is 2.43. The maximum Gasteiger partial charge on any atom is 0.354 e. The molecule has 5 heteroatoms. The normalized spacial score (nSPS) is 12.3. The third kappa shape index (κ3) is 3.86. The Morgan fingerprint density at radius 3 is 2.76 bits per heavy atom. The molecule has 0 aliphatic heterocycles. The van der Waals surface area contributed by atoms with Gasteiger partial charge < -0.3 is 5.11 Å². The average molecular weight is 285 g/mol. The Morgan fingerprint density at radius 2 is 2.14 bits per heavy atom. The molecule has 1 N–H and O–H groups in total. The van der Waals surface area contributed by atoms with Gasteiger partial charge in [-0.2, -0.15) is 0 Å². The molecule has 0 radical (unpaired) electrons. The van der Waals surface area contributed by atoms with E-state index in [2.05, 4.69) is 27.9 Å². The lowest BCUT2D eigenvalue weighted by Gasteiger charge is -2.27. The third-order valence-corrected chi connectivity index (χ3v) is 3.43. The predicted molar refractivity (Wildman–Crippen MR) is 79.9 cm³/mol. The third-order valence-electron chi connectivity index (χ3n) is 3.43. The topological polar surface area (TPSA) is 66.3 Å². The van der Waals surface area contributed by atoms with Gasteiger partial charge in [-0.15, -0.1) is 0 Å². The molecule has 0 saturated heterocycles. The first kappa shape index (κ1) is 15.1. The number of hydrogen-bond donors (Lipinski definition) is 1. The van der Waals surface area contributed by atoms with E-state index in [9.17, 15) is 4.79 Å². The quantitative estimate of drug-likeness (QED) is 0.884. The van der Waals surface area contributed by atoms with Crippen LogP contribution in [0.5, 0.6) is 0 Å². The van der Waals surface area contributed by atoms with Gasteiger partial charge in [0.2, 0.25) is 0 Å². The molecule has 1 atom stereocenters. The summed E-state index contributed by atoms with van der Waals surface area (Å²) in [5.74, 6) is -1.00. The van der Waals surface area contributed by atoms with E-state index in [0.29, 0.717) is 6.54 Å². The molecule has 0 aliphatic rings. The van der Waals surface area contributed by atoms with Crippen LogP contribution in [0, 0.1) is 0 Å². The molecule has 0 fully saturated rings. The predicted octanol–water partition coefficient (Wildman–Crippen LogP) is 2.76. The number of carboxylic acid groups (broad SMARTS) is 1. The number of nitrogens with zero attached hydrogens (tertiary/aromatic N) is 3. The van der Waals surface area contributed by atoms with Crippen molar-refractivity contribution in [3.8, 4) is 0 Å². The summed E-state index contributed by atoms with van der Waals surface area (Å²) in [5.41, 5.74) is 1.98. The smallest absolute Gasteiger partial charge is 0.354 e. The number of carbonyl (C=O) groups is 1. The van der Waals surface area contributed by atoms with Crippen molar-refractivity contribution in [2.75, 3.05) is 7.05 Å².